The van der Waals surface area contributed by atoms with Crippen LogP contribution in [0.25, 0.3) is 0 Å². The molecule has 5 nitrogen and oxygen atoms in total. The lowest BCUT2D eigenvalue weighted by atomic mass is 9.87. The van der Waals surface area contributed by atoms with Gasteiger partial charge in [0.2, 0.25) is 5.95 Å². The van der Waals surface area contributed by atoms with Crippen molar-refractivity contribution in [2.45, 2.75) is 59.3 Å². The van der Waals surface area contributed by atoms with Crippen LogP contribution < -0.4 is 4.90 Å². The Morgan fingerprint density at radius 3 is 2.11 bits per heavy atom. The van der Waals surface area contributed by atoms with Gasteiger partial charge in [-0.05, 0) is 62.1 Å². The lowest BCUT2D eigenvalue weighted by molar-refractivity contribution is -0.123. The first-order valence-electron chi connectivity index (χ1n) is 10.8. The Hall–Kier alpha value is -1.49. The van der Waals surface area contributed by atoms with Crippen molar-refractivity contribution >= 4 is 11.7 Å². The summed E-state index contributed by atoms with van der Waals surface area (Å²) >= 11 is 0. The summed E-state index contributed by atoms with van der Waals surface area (Å²) in [6.45, 7) is 13.4. The Labute approximate surface area is 164 Å². The number of Topliss-reactive ketones (excluding diaryl/α,β-unsaturated/α-hetero) is 1. The molecule has 2 fully saturated rings. The van der Waals surface area contributed by atoms with Crippen molar-refractivity contribution in [3.63, 3.8) is 0 Å². The fraction of sp³-hybridized carbons (Fsp3) is 0.773. The molecule has 0 bridgehead atoms. The summed E-state index contributed by atoms with van der Waals surface area (Å²) in [6.07, 6.45) is 8.75. The molecule has 0 unspecified atom stereocenters. The van der Waals surface area contributed by atoms with Gasteiger partial charge in [-0.3, -0.25) is 9.69 Å². The van der Waals surface area contributed by atoms with Crippen LogP contribution in [0.5, 0.6) is 0 Å². The van der Waals surface area contributed by atoms with Gasteiger partial charge in [-0.2, -0.15) is 0 Å². The highest BCUT2D eigenvalue weighted by Crippen LogP contribution is 2.29. The third-order valence-corrected chi connectivity index (χ3v) is 6.51. The van der Waals surface area contributed by atoms with E-state index >= 15 is 0 Å². The first-order valence-corrected chi connectivity index (χ1v) is 10.8. The number of likely N-dealkylation sites (tertiary alicyclic amines) is 1. The molecule has 1 aromatic rings. The number of hydrogen-bond acceptors (Lipinski definition) is 5. The minimum absolute atomic E-state index is 0.134. The molecule has 0 spiro atoms. The quantitative estimate of drug-likeness (QED) is 0.761. The number of anilines is 1. The van der Waals surface area contributed by atoms with Gasteiger partial charge in [0.05, 0.1) is 6.54 Å². The topological polar surface area (TPSA) is 49.3 Å². The maximum Gasteiger partial charge on any atom is 0.225 e. The predicted octanol–water partition coefficient (Wildman–Crippen LogP) is 3.75. The Morgan fingerprint density at radius 1 is 1.00 bits per heavy atom. The van der Waals surface area contributed by atoms with Crippen molar-refractivity contribution in [2.24, 2.45) is 17.8 Å². The van der Waals surface area contributed by atoms with E-state index in [-0.39, 0.29) is 5.92 Å². The SMILES string of the molecule is CC(C)C(=O)CN1CCC(c2cnc(N3CCC(C(C)C)CC3)nc2)CC1. The zero-order chi connectivity index (χ0) is 19.4. The number of aromatic nitrogens is 2. The van der Waals surface area contributed by atoms with Gasteiger partial charge in [0.25, 0.3) is 0 Å². The van der Waals surface area contributed by atoms with E-state index in [1.54, 1.807) is 0 Å². The second-order valence-electron chi connectivity index (χ2n) is 9.06. The Bertz CT molecular complexity index is 597. The molecule has 0 radical (unpaired) electrons. The minimum Gasteiger partial charge on any atom is -0.341 e. The zero-order valence-electron chi connectivity index (χ0n) is 17.5. The smallest absolute Gasteiger partial charge is 0.225 e. The number of nitrogens with zero attached hydrogens (tertiary/aromatic N) is 4. The summed E-state index contributed by atoms with van der Waals surface area (Å²) in [5.74, 6) is 3.51. The Kier molecular flexibility index (Phi) is 6.85. The molecule has 2 aliphatic rings. The maximum absolute atomic E-state index is 11.9. The second-order valence-corrected chi connectivity index (χ2v) is 9.06. The van der Waals surface area contributed by atoms with Crippen LogP contribution in [0.2, 0.25) is 0 Å². The summed E-state index contributed by atoms with van der Waals surface area (Å²) < 4.78 is 0. The van der Waals surface area contributed by atoms with E-state index < -0.39 is 0 Å². The van der Waals surface area contributed by atoms with Gasteiger partial charge in [-0.25, -0.2) is 9.97 Å². The molecule has 0 atom stereocenters. The molecule has 0 saturated carbocycles. The Balaban J connectivity index is 1.49. The van der Waals surface area contributed by atoms with Crippen LogP contribution in [0.15, 0.2) is 12.4 Å². The van der Waals surface area contributed by atoms with E-state index in [9.17, 15) is 4.79 Å². The fourth-order valence-electron chi connectivity index (χ4n) is 4.30. The number of carbonyl (C=O) groups is 1. The summed E-state index contributed by atoms with van der Waals surface area (Å²) in [5.41, 5.74) is 1.26. The van der Waals surface area contributed by atoms with Gasteiger partial charge in [0, 0.05) is 31.4 Å². The summed E-state index contributed by atoms with van der Waals surface area (Å²) in [7, 11) is 0. The van der Waals surface area contributed by atoms with Gasteiger partial charge >= 0.3 is 0 Å². The first-order chi connectivity index (χ1) is 12.9. The van der Waals surface area contributed by atoms with Gasteiger partial charge in [-0.1, -0.05) is 27.7 Å². The van der Waals surface area contributed by atoms with Crippen molar-refractivity contribution < 1.29 is 4.79 Å². The monoisotopic (exact) mass is 372 g/mol. The Morgan fingerprint density at radius 2 is 1.59 bits per heavy atom. The molecule has 0 amide bonds. The van der Waals surface area contributed by atoms with E-state index in [1.807, 2.05) is 26.2 Å². The summed E-state index contributed by atoms with van der Waals surface area (Å²) in [5, 5.41) is 0. The molecule has 0 N–H and O–H groups in total. The molecule has 0 aromatic carbocycles. The fourth-order valence-corrected chi connectivity index (χ4v) is 4.30. The van der Waals surface area contributed by atoms with Crippen molar-refractivity contribution in [1.29, 1.82) is 0 Å². The molecule has 27 heavy (non-hydrogen) atoms. The highest BCUT2D eigenvalue weighted by atomic mass is 16.1. The van der Waals surface area contributed by atoms with Crippen LogP contribution in [0.1, 0.15) is 64.9 Å². The summed E-state index contributed by atoms with van der Waals surface area (Å²) in [4.78, 5) is 25.9. The molecule has 5 heteroatoms. The number of ketones is 1. The van der Waals surface area contributed by atoms with Gasteiger partial charge in [0.15, 0.2) is 0 Å². The molecule has 3 heterocycles. The standard InChI is InChI=1S/C22H36N4O/c1-16(2)18-7-11-26(12-8-18)22-23-13-20(14-24-22)19-5-9-25(10-6-19)15-21(27)17(3)4/h13-14,16-19H,5-12,15H2,1-4H3. The van der Waals surface area contributed by atoms with Crippen LogP contribution >= 0.6 is 0 Å². The van der Waals surface area contributed by atoms with Gasteiger partial charge in [0.1, 0.15) is 5.78 Å². The molecule has 2 saturated heterocycles. The number of carbonyl (C=O) groups excluding carboxylic acids is 1. The van der Waals surface area contributed by atoms with Gasteiger partial charge < -0.3 is 4.90 Å². The van der Waals surface area contributed by atoms with E-state index in [0.29, 0.717) is 18.2 Å². The van der Waals surface area contributed by atoms with Crippen LogP contribution in [0.3, 0.4) is 0 Å². The van der Waals surface area contributed by atoms with Crippen molar-refractivity contribution in [3.8, 4) is 0 Å². The van der Waals surface area contributed by atoms with Gasteiger partial charge in [-0.15, -0.1) is 0 Å². The molecule has 3 rings (SSSR count). The third kappa shape index (κ3) is 5.28. The molecule has 2 aliphatic heterocycles. The van der Waals surface area contributed by atoms with Crippen LogP contribution in [-0.2, 0) is 4.79 Å². The van der Waals surface area contributed by atoms with Crippen molar-refractivity contribution in [2.75, 3.05) is 37.6 Å². The largest absolute Gasteiger partial charge is 0.341 e. The van der Waals surface area contributed by atoms with Crippen molar-refractivity contribution in [3.05, 3.63) is 18.0 Å². The van der Waals surface area contributed by atoms with E-state index in [2.05, 4.69) is 33.6 Å². The molecule has 0 aliphatic carbocycles. The maximum atomic E-state index is 11.9. The first kappa shape index (κ1) is 20.2. The van der Waals surface area contributed by atoms with Crippen molar-refractivity contribution in [1.82, 2.24) is 14.9 Å². The average Bonchev–Trinajstić information content (AvgIpc) is 2.69. The molecule has 150 valence electrons. The molecular formula is C22H36N4O. The average molecular weight is 373 g/mol. The third-order valence-electron chi connectivity index (χ3n) is 6.51. The highest BCUT2D eigenvalue weighted by Gasteiger charge is 2.25. The van der Waals surface area contributed by atoms with E-state index in [1.165, 1.54) is 18.4 Å². The lowest BCUT2D eigenvalue weighted by Gasteiger charge is -2.34. The lowest BCUT2D eigenvalue weighted by Crippen LogP contribution is -2.38. The van der Waals surface area contributed by atoms with E-state index in [4.69, 9.17) is 0 Å². The highest BCUT2D eigenvalue weighted by molar-refractivity contribution is 5.82. The van der Waals surface area contributed by atoms with Crippen LogP contribution in [-0.4, -0.2) is 53.4 Å². The van der Waals surface area contributed by atoms with E-state index in [0.717, 1.165) is 56.8 Å². The zero-order valence-corrected chi connectivity index (χ0v) is 17.5. The minimum atomic E-state index is 0.134. The normalized spacial score (nSPS) is 20.6. The number of piperidine rings is 2. The number of rotatable bonds is 6. The van der Waals surface area contributed by atoms with Crippen LogP contribution in [0, 0.1) is 17.8 Å². The number of hydrogen-bond donors (Lipinski definition) is 0. The predicted molar refractivity (Wildman–Crippen MR) is 110 cm³/mol. The molecular weight excluding hydrogens is 336 g/mol. The second kappa shape index (κ2) is 9.13. The van der Waals surface area contributed by atoms with Crippen LogP contribution in [0.4, 0.5) is 5.95 Å². The molecule has 1 aromatic heterocycles. The summed E-state index contributed by atoms with van der Waals surface area (Å²) in [6, 6.07) is 0.